The third-order valence-electron chi connectivity index (χ3n) is 7.55. The van der Waals surface area contributed by atoms with Crippen molar-refractivity contribution in [3.8, 4) is 11.5 Å². The first kappa shape index (κ1) is 31.6. The lowest BCUT2D eigenvalue weighted by Gasteiger charge is -2.37. The van der Waals surface area contributed by atoms with Gasteiger partial charge in [0.1, 0.15) is 35.4 Å². The molecule has 0 amide bonds. The molecule has 12 nitrogen and oxygen atoms in total. The molecular formula is C31H34N3O9P. The molecule has 5 atom stereocenters. The van der Waals surface area contributed by atoms with Crippen molar-refractivity contribution in [3.05, 3.63) is 129 Å². The molecule has 1 aliphatic heterocycles. The summed E-state index contributed by atoms with van der Waals surface area (Å²) in [6, 6.07) is 26.0. The minimum absolute atomic E-state index is 0.0880. The second-order valence-electron chi connectivity index (χ2n) is 9.97. The Morgan fingerprint density at radius 3 is 1.93 bits per heavy atom. The molecule has 13 heteroatoms. The topological polar surface area (TPSA) is 156 Å². The molecule has 1 fully saturated rings. The molecule has 0 bridgehead atoms. The summed E-state index contributed by atoms with van der Waals surface area (Å²) in [5.74, 6) is 1.35. The van der Waals surface area contributed by atoms with Crippen LogP contribution in [0.5, 0.6) is 11.5 Å². The summed E-state index contributed by atoms with van der Waals surface area (Å²) in [5, 5.41) is 0. The van der Waals surface area contributed by atoms with Crippen LogP contribution in [-0.4, -0.2) is 60.7 Å². The molecule has 2 heterocycles. The third kappa shape index (κ3) is 6.33. The summed E-state index contributed by atoms with van der Waals surface area (Å²) in [4.78, 5) is 36.7. The van der Waals surface area contributed by atoms with Gasteiger partial charge in [0.25, 0.3) is 14.1 Å². The average Bonchev–Trinajstić information content (AvgIpc) is 3.38. The Morgan fingerprint density at radius 2 is 1.43 bits per heavy atom. The molecule has 1 aromatic heterocycles. The van der Waals surface area contributed by atoms with Crippen LogP contribution in [0.2, 0.25) is 0 Å². The molecule has 44 heavy (non-hydrogen) atoms. The van der Waals surface area contributed by atoms with Gasteiger partial charge in [-0.05, 0) is 41.0 Å². The van der Waals surface area contributed by atoms with E-state index in [4.69, 9.17) is 33.7 Å². The highest BCUT2D eigenvalue weighted by molar-refractivity contribution is 7.43. The second-order valence-corrected chi connectivity index (χ2v) is 10.8. The fourth-order valence-electron chi connectivity index (χ4n) is 5.48. The number of benzene rings is 3. The summed E-state index contributed by atoms with van der Waals surface area (Å²) in [6.07, 6.45) is -2.41. The van der Waals surface area contributed by atoms with Crippen LogP contribution in [0.3, 0.4) is 0 Å². The van der Waals surface area contributed by atoms with Gasteiger partial charge in [-0.25, -0.2) is 4.79 Å². The van der Waals surface area contributed by atoms with Crippen molar-refractivity contribution in [2.24, 2.45) is 5.50 Å². The van der Waals surface area contributed by atoms with E-state index in [-0.39, 0.29) is 6.61 Å². The lowest BCUT2D eigenvalue weighted by molar-refractivity contribution is -0.0953. The summed E-state index contributed by atoms with van der Waals surface area (Å²) in [7, 11) is 2.28. The van der Waals surface area contributed by atoms with Gasteiger partial charge in [-0.3, -0.25) is 19.8 Å². The maximum atomic E-state index is 12.7. The van der Waals surface area contributed by atoms with E-state index in [9.17, 15) is 14.5 Å². The summed E-state index contributed by atoms with van der Waals surface area (Å²) >= 11 is 0. The van der Waals surface area contributed by atoms with E-state index in [0.717, 1.165) is 16.7 Å². The summed E-state index contributed by atoms with van der Waals surface area (Å²) in [6.45, 7) is -0.0880. The Balaban J connectivity index is 1.61. The van der Waals surface area contributed by atoms with Gasteiger partial charge in [0.2, 0.25) is 0 Å². The van der Waals surface area contributed by atoms with Crippen LogP contribution in [0.1, 0.15) is 22.9 Å². The van der Waals surface area contributed by atoms with Gasteiger partial charge in [0.05, 0.1) is 20.8 Å². The van der Waals surface area contributed by atoms with Crippen molar-refractivity contribution in [1.29, 1.82) is 0 Å². The number of nitrogens with one attached hydrogen (secondary N) is 1. The normalized spacial score (nSPS) is 20.8. The number of aromatic amines is 1. The first-order valence-electron chi connectivity index (χ1n) is 13.7. The zero-order chi connectivity index (χ0) is 31.3. The van der Waals surface area contributed by atoms with E-state index in [1.54, 1.807) is 14.2 Å². The number of aromatic nitrogens is 2. The quantitative estimate of drug-likeness (QED) is 0.158. The van der Waals surface area contributed by atoms with Crippen molar-refractivity contribution in [3.63, 3.8) is 0 Å². The highest BCUT2D eigenvalue weighted by Crippen LogP contribution is 2.44. The van der Waals surface area contributed by atoms with Crippen molar-refractivity contribution in [2.45, 2.75) is 30.1 Å². The predicted octanol–water partition coefficient (Wildman–Crippen LogP) is 3.04. The van der Waals surface area contributed by atoms with Gasteiger partial charge in [-0.1, -0.05) is 54.6 Å². The predicted molar refractivity (Wildman–Crippen MR) is 162 cm³/mol. The average molecular weight is 624 g/mol. The van der Waals surface area contributed by atoms with E-state index < -0.39 is 49.9 Å². The van der Waals surface area contributed by atoms with Crippen LogP contribution in [0.25, 0.3) is 0 Å². The van der Waals surface area contributed by atoms with E-state index >= 15 is 0 Å². The van der Waals surface area contributed by atoms with Crippen molar-refractivity contribution in [2.75, 3.05) is 27.9 Å². The van der Waals surface area contributed by atoms with Crippen LogP contribution in [0, 0.1) is 0 Å². The lowest BCUT2D eigenvalue weighted by Crippen LogP contribution is -2.41. The lowest BCUT2D eigenvalue weighted by atomic mass is 9.80. The number of rotatable bonds is 12. The van der Waals surface area contributed by atoms with E-state index in [1.807, 2.05) is 78.9 Å². The Hall–Kier alpha value is -3.87. The van der Waals surface area contributed by atoms with Gasteiger partial charge < -0.3 is 33.1 Å². The minimum Gasteiger partial charge on any atom is -0.497 e. The molecule has 1 unspecified atom stereocenters. The van der Waals surface area contributed by atoms with Gasteiger partial charge in [0, 0.05) is 19.4 Å². The van der Waals surface area contributed by atoms with Gasteiger partial charge in [-0.15, -0.1) is 0 Å². The SMILES string of the molecule is COc1ccc(C(OC[C@H]2O[C@@H](n3ccc(=O)[nH]c3=O)[C@H](OC)[C@@H]2OP(N)O)(c2ccccc2)c2ccc(OC)cc2)cc1. The zero-order valence-corrected chi connectivity index (χ0v) is 25.3. The summed E-state index contributed by atoms with van der Waals surface area (Å²) in [5.41, 5.74) is 5.70. The second kappa shape index (κ2) is 13.8. The van der Waals surface area contributed by atoms with Crippen LogP contribution in [0.4, 0.5) is 0 Å². The maximum Gasteiger partial charge on any atom is 0.330 e. The van der Waals surface area contributed by atoms with Gasteiger partial charge in [0.15, 0.2) is 6.23 Å². The van der Waals surface area contributed by atoms with Crippen LogP contribution < -0.4 is 26.2 Å². The van der Waals surface area contributed by atoms with Crippen molar-refractivity contribution in [1.82, 2.24) is 9.55 Å². The fourth-order valence-corrected chi connectivity index (χ4v) is 5.98. The van der Waals surface area contributed by atoms with Gasteiger partial charge in [-0.2, -0.15) is 0 Å². The number of hydrogen-bond acceptors (Lipinski definition) is 10. The molecule has 5 rings (SSSR count). The molecule has 1 saturated heterocycles. The van der Waals surface area contributed by atoms with E-state index in [2.05, 4.69) is 4.98 Å². The molecule has 3 aromatic carbocycles. The van der Waals surface area contributed by atoms with Crippen molar-refractivity contribution < 1.29 is 33.1 Å². The third-order valence-corrected chi connectivity index (χ3v) is 8.01. The fraction of sp³-hybridized carbons (Fsp3) is 0.290. The summed E-state index contributed by atoms with van der Waals surface area (Å²) < 4.78 is 36.8. The number of hydrogen-bond donors (Lipinski definition) is 3. The minimum atomic E-state index is -2.34. The van der Waals surface area contributed by atoms with Crippen LogP contribution >= 0.6 is 8.53 Å². The standard InChI is InChI=1S/C31H34N3O9P/c1-38-23-13-9-21(10-14-23)31(20-7-5-4-6-8-20,22-11-15-24(39-2)16-12-22)41-19-25-27(43-44(32)37)28(40-3)29(42-25)34-18-17-26(35)33-30(34)36/h4-18,25,27-29,37H,19,32H2,1-3H3,(H,33,35,36)/t25-,27-,28-,29-,44?/m1/s1. The Labute approximate surface area is 254 Å². The Morgan fingerprint density at radius 1 is 0.864 bits per heavy atom. The number of nitrogens with zero attached hydrogens (tertiary/aromatic N) is 1. The Kier molecular flexibility index (Phi) is 9.92. The first-order chi connectivity index (χ1) is 21.3. The highest BCUT2D eigenvalue weighted by Gasteiger charge is 2.50. The van der Waals surface area contributed by atoms with E-state index in [0.29, 0.717) is 11.5 Å². The van der Waals surface area contributed by atoms with E-state index in [1.165, 1.54) is 23.9 Å². The first-order valence-corrected chi connectivity index (χ1v) is 15.0. The molecule has 0 spiro atoms. The molecule has 4 N–H and O–H groups in total. The number of methoxy groups -OCH3 is 3. The molecule has 0 saturated carbocycles. The van der Waals surface area contributed by atoms with Crippen LogP contribution in [-0.2, 0) is 24.3 Å². The van der Waals surface area contributed by atoms with Gasteiger partial charge >= 0.3 is 5.69 Å². The number of nitrogens with two attached hydrogens (primary N) is 1. The molecule has 232 valence electrons. The zero-order valence-electron chi connectivity index (χ0n) is 24.4. The molecular weight excluding hydrogens is 589 g/mol. The molecule has 1 aliphatic rings. The largest absolute Gasteiger partial charge is 0.497 e. The molecule has 0 aliphatic carbocycles. The number of H-pyrrole nitrogens is 1. The molecule has 4 aromatic rings. The van der Waals surface area contributed by atoms with Crippen LogP contribution in [0.15, 0.2) is 101 Å². The smallest absolute Gasteiger partial charge is 0.330 e. The molecule has 0 radical (unpaired) electrons. The Bertz CT molecular complexity index is 1580. The monoisotopic (exact) mass is 623 g/mol. The highest BCUT2D eigenvalue weighted by atomic mass is 31.2. The van der Waals surface area contributed by atoms with Crippen molar-refractivity contribution >= 4 is 8.53 Å². The number of ether oxygens (including phenoxy) is 5. The maximum absolute atomic E-state index is 12.7.